The zero-order valence-corrected chi connectivity index (χ0v) is 18.3. The van der Waals surface area contributed by atoms with Gasteiger partial charge in [0, 0.05) is 52.8 Å². The fraction of sp³-hybridized carbons (Fsp3) is 0.333. The van der Waals surface area contributed by atoms with E-state index in [9.17, 15) is 0 Å². The van der Waals surface area contributed by atoms with Crippen LogP contribution in [0.2, 0.25) is 0 Å². The summed E-state index contributed by atoms with van der Waals surface area (Å²) in [4.78, 5) is 4.48. The van der Waals surface area contributed by atoms with Gasteiger partial charge in [0.25, 0.3) is 0 Å². The molecule has 29 heavy (non-hydrogen) atoms. The van der Waals surface area contributed by atoms with Crippen molar-refractivity contribution in [1.82, 2.24) is 25.8 Å². The highest BCUT2D eigenvalue weighted by Gasteiger charge is 2.20. The maximum Gasteiger partial charge on any atom is 0.118 e. The normalized spacial score (nSPS) is 12.0. The van der Waals surface area contributed by atoms with Crippen LogP contribution in [0.15, 0.2) is 85.1 Å². The fourth-order valence-corrected chi connectivity index (χ4v) is 2.87. The van der Waals surface area contributed by atoms with Crippen LogP contribution in [0.1, 0.15) is 25.0 Å². The molecule has 3 N–H and O–H groups in total. The molecule has 0 fully saturated rings. The van der Waals surface area contributed by atoms with Gasteiger partial charge in [-0.3, -0.25) is 0 Å². The molecule has 0 aliphatic carbocycles. The second kappa shape index (κ2) is 11.1. The first kappa shape index (κ1) is 22.2. The minimum absolute atomic E-state index is 0.249. The standard InChI is InChI=1S/C24H35N5/c1-24(2,28(5)17-16-25-3)27-18-23(26-4)29(19-21-12-8-6-9-13-21)20-22-14-10-7-11-15-22/h6-18,25-27H,19-20H2,1-5H3/b17-16-,23-18-. The van der Waals surface area contributed by atoms with Crippen LogP contribution in [0.3, 0.4) is 0 Å². The van der Waals surface area contributed by atoms with Crippen LogP contribution in [-0.4, -0.2) is 36.6 Å². The molecule has 0 unspecified atom stereocenters. The van der Waals surface area contributed by atoms with E-state index in [1.54, 1.807) is 0 Å². The monoisotopic (exact) mass is 393 g/mol. The minimum Gasteiger partial charge on any atom is -0.393 e. The third-order valence-electron chi connectivity index (χ3n) is 4.94. The summed E-state index contributed by atoms with van der Waals surface area (Å²) in [6.45, 7) is 5.94. The Labute approximate surface area is 176 Å². The summed E-state index contributed by atoms with van der Waals surface area (Å²) in [6, 6.07) is 21.1. The molecule has 0 aliphatic rings. The van der Waals surface area contributed by atoms with E-state index < -0.39 is 0 Å². The van der Waals surface area contributed by atoms with Gasteiger partial charge in [0.15, 0.2) is 0 Å². The Hall–Kier alpha value is -3.08. The molecule has 0 bridgehead atoms. The summed E-state index contributed by atoms with van der Waals surface area (Å²) in [6.07, 6.45) is 6.00. The molecule has 2 rings (SSSR count). The largest absolute Gasteiger partial charge is 0.393 e. The van der Waals surface area contributed by atoms with E-state index in [-0.39, 0.29) is 5.66 Å². The highest BCUT2D eigenvalue weighted by molar-refractivity contribution is 5.19. The molecule has 0 aromatic heterocycles. The van der Waals surface area contributed by atoms with Gasteiger partial charge >= 0.3 is 0 Å². The van der Waals surface area contributed by atoms with Gasteiger partial charge in [0.2, 0.25) is 0 Å². The average Bonchev–Trinajstić information content (AvgIpc) is 2.73. The van der Waals surface area contributed by atoms with Gasteiger partial charge in [-0.15, -0.1) is 0 Å². The Morgan fingerprint density at radius 3 is 1.86 bits per heavy atom. The second-order valence-corrected chi connectivity index (χ2v) is 7.53. The van der Waals surface area contributed by atoms with Gasteiger partial charge in [0.1, 0.15) is 11.5 Å². The maximum absolute atomic E-state index is 3.55. The number of benzene rings is 2. The molecule has 5 heteroatoms. The number of hydrogen-bond donors (Lipinski definition) is 3. The van der Waals surface area contributed by atoms with E-state index in [4.69, 9.17) is 0 Å². The van der Waals surface area contributed by atoms with Crippen LogP contribution in [0.5, 0.6) is 0 Å². The van der Waals surface area contributed by atoms with Gasteiger partial charge in [-0.1, -0.05) is 60.7 Å². The number of hydrogen-bond acceptors (Lipinski definition) is 5. The van der Waals surface area contributed by atoms with Crippen LogP contribution in [0, 0.1) is 0 Å². The number of nitrogens with one attached hydrogen (secondary N) is 3. The Kier molecular flexibility index (Phi) is 8.46. The number of nitrogens with zero attached hydrogens (tertiary/aromatic N) is 2. The van der Waals surface area contributed by atoms with E-state index in [1.807, 2.05) is 26.5 Å². The number of rotatable bonds is 11. The van der Waals surface area contributed by atoms with E-state index in [0.29, 0.717) is 0 Å². The lowest BCUT2D eigenvalue weighted by molar-refractivity contribution is 0.191. The molecule has 0 heterocycles. The third-order valence-corrected chi connectivity index (χ3v) is 4.94. The first-order valence-corrected chi connectivity index (χ1v) is 10.0. The summed E-state index contributed by atoms with van der Waals surface area (Å²) in [7, 11) is 5.92. The van der Waals surface area contributed by atoms with Crippen molar-refractivity contribution in [3.63, 3.8) is 0 Å². The van der Waals surface area contributed by atoms with E-state index in [1.165, 1.54) is 11.1 Å². The lowest BCUT2D eigenvalue weighted by Crippen LogP contribution is -2.49. The van der Waals surface area contributed by atoms with Crippen LogP contribution < -0.4 is 16.0 Å². The van der Waals surface area contributed by atoms with Crippen molar-refractivity contribution in [3.05, 3.63) is 96.2 Å². The van der Waals surface area contributed by atoms with Crippen molar-refractivity contribution in [2.45, 2.75) is 32.6 Å². The first-order valence-electron chi connectivity index (χ1n) is 10.0. The summed E-state index contributed by atoms with van der Waals surface area (Å²) in [5, 5.41) is 9.96. The minimum atomic E-state index is -0.249. The summed E-state index contributed by atoms with van der Waals surface area (Å²) in [5.74, 6) is 1.04. The van der Waals surface area contributed by atoms with Crippen molar-refractivity contribution in [2.24, 2.45) is 0 Å². The molecule has 156 valence electrons. The second-order valence-electron chi connectivity index (χ2n) is 7.53. The topological polar surface area (TPSA) is 42.6 Å². The zero-order valence-electron chi connectivity index (χ0n) is 18.3. The van der Waals surface area contributed by atoms with Crippen LogP contribution in [-0.2, 0) is 13.1 Å². The lowest BCUT2D eigenvalue weighted by Gasteiger charge is -2.36. The van der Waals surface area contributed by atoms with Crippen molar-refractivity contribution in [3.8, 4) is 0 Å². The van der Waals surface area contributed by atoms with E-state index in [0.717, 1.165) is 18.9 Å². The molecule has 0 radical (unpaired) electrons. The van der Waals surface area contributed by atoms with E-state index >= 15 is 0 Å². The molecular weight excluding hydrogens is 358 g/mol. The van der Waals surface area contributed by atoms with Crippen LogP contribution in [0.4, 0.5) is 0 Å². The molecule has 0 spiro atoms. The summed E-state index contributed by atoms with van der Waals surface area (Å²) >= 11 is 0. The van der Waals surface area contributed by atoms with Gasteiger partial charge in [-0.05, 0) is 25.0 Å². The molecule has 0 saturated carbocycles. The molecule has 2 aromatic carbocycles. The first-order chi connectivity index (χ1) is 14.0. The van der Waals surface area contributed by atoms with Gasteiger partial charge in [-0.2, -0.15) is 0 Å². The van der Waals surface area contributed by atoms with E-state index in [2.05, 4.69) is 114 Å². The Morgan fingerprint density at radius 1 is 0.897 bits per heavy atom. The highest BCUT2D eigenvalue weighted by Crippen LogP contribution is 2.15. The van der Waals surface area contributed by atoms with Crippen LogP contribution >= 0.6 is 0 Å². The smallest absolute Gasteiger partial charge is 0.118 e. The Morgan fingerprint density at radius 2 is 1.41 bits per heavy atom. The Balaban J connectivity index is 2.22. The molecule has 2 aromatic rings. The summed E-state index contributed by atoms with van der Waals surface area (Å²) < 4.78 is 0. The SMILES string of the molecule is CN/C=C\N(C)C(C)(C)N/C=C(/NC)N(Cc1ccccc1)Cc1ccccc1. The lowest BCUT2D eigenvalue weighted by atomic mass is 10.1. The predicted octanol–water partition coefficient (Wildman–Crippen LogP) is 3.66. The average molecular weight is 394 g/mol. The van der Waals surface area contributed by atoms with Crippen molar-refractivity contribution < 1.29 is 0 Å². The molecule has 0 amide bonds. The van der Waals surface area contributed by atoms with Gasteiger partial charge in [-0.25, -0.2) is 0 Å². The third kappa shape index (κ3) is 7.11. The van der Waals surface area contributed by atoms with Crippen molar-refractivity contribution in [2.75, 3.05) is 21.1 Å². The zero-order chi connectivity index (χ0) is 21.1. The molecule has 0 atom stereocenters. The van der Waals surface area contributed by atoms with Gasteiger partial charge in [0.05, 0.1) is 0 Å². The molecule has 0 aliphatic heterocycles. The van der Waals surface area contributed by atoms with Gasteiger partial charge < -0.3 is 25.8 Å². The Bertz CT molecular complexity index is 727. The predicted molar refractivity (Wildman–Crippen MR) is 122 cm³/mol. The van der Waals surface area contributed by atoms with Crippen molar-refractivity contribution in [1.29, 1.82) is 0 Å². The van der Waals surface area contributed by atoms with Crippen LogP contribution in [0.25, 0.3) is 0 Å². The highest BCUT2D eigenvalue weighted by atomic mass is 15.3. The quantitative estimate of drug-likeness (QED) is 0.509. The van der Waals surface area contributed by atoms with Crippen molar-refractivity contribution >= 4 is 0 Å². The maximum atomic E-state index is 3.55. The molecule has 0 saturated heterocycles. The molecule has 5 nitrogen and oxygen atoms in total. The fourth-order valence-electron chi connectivity index (χ4n) is 2.87. The molecular formula is C24H35N5. The summed E-state index contributed by atoms with van der Waals surface area (Å²) in [5.41, 5.74) is 2.30.